The van der Waals surface area contributed by atoms with Gasteiger partial charge in [-0.3, -0.25) is 4.90 Å². The van der Waals surface area contributed by atoms with Crippen LogP contribution in [0.15, 0.2) is 48.5 Å². The fourth-order valence-electron chi connectivity index (χ4n) is 5.28. The van der Waals surface area contributed by atoms with E-state index in [0.717, 1.165) is 19.4 Å². The summed E-state index contributed by atoms with van der Waals surface area (Å²) in [4.78, 5) is 2.57. The number of piperidine rings is 2. The first-order chi connectivity index (χ1) is 14.1. The molecular formula is C25H30FNO2. The summed E-state index contributed by atoms with van der Waals surface area (Å²) in [7, 11) is 0. The number of rotatable bonds is 6. The van der Waals surface area contributed by atoms with Crippen LogP contribution in [0.1, 0.15) is 56.1 Å². The fourth-order valence-corrected chi connectivity index (χ4v) is 5.28. The van der Waals surface area contributed by atoms with Gasteiger partial charge in [-0.2, -0.15) is 0 Å². The lowest BCUT2D eigenvalue weighted by Crippen LogP contribution is -2.56. The molecule has 154 valence electrons. The lowest BCUT2D eigenvalue weighted by molar-refractivity contribution is -0.101. The SMILES string of the molecule is OC1(c2cc(F)ccc2OCC2CC2)CC2CCCC(C1)N2Cc1ccccc1. The summed E-state index contributed by atoms with van der Waals surface area (Å²) in [6.45, 7) is 1.59. The minimum Gasteiger partial charge on any atom is -0.493 e. The Morgan fingerprint density at radius 2 is 1.72 bits per heavy atom. The number of hydrogen-bond donors (Lipinski definition) is 1. The van der Waals surface area contributed by atoms with Gasteiger partial charge in [0.25, 0.3) is 0 Å². The predicted molar refractivity (Wildman–Crippen MR) is 111 cm³/mol. The van der Waals surface area contributed by atoms with E-state index in [1.165, 1.54) is 37.0 Å². The number of aliphatic hydroxyl groups is 1. The molecule has 29 heavy (non-hydrogen) atoms. The van der Waals surface area contributed by atoms with E-state index in [1.54, 1.807) is 6.07 Å². The monoisotopic (exact) mass is 395 g/mol. The summed E-state index contributed by atoms with van der Waals surface area (Å²) in [5.41, 5.74) is 0.938. The van der Waals surface area contributed by atoms with Crippen LogP contribution in [0.3, 0.4) is 0 Å². The predicted octanol–water partition coefficient (Wildman–Crippen LogP) is 5.02. The molecule has 2 saturated heterocycles. The maximum absolute atomic E-state index is 14.2. The van der Waals surface area contributed by atoms with Crippen LogP contribution in [0.2, 0.25) is 0 Å². The van der Waals surface area contributed by atoms with Crippen molar-refractivity contribution in [2.45, 2.75) is 69.2 Å². The second-order valence-electron chi connectivity index (χ2n) is 9.23. The van der Waals surface area contributed by atoms with E-state index in [4.69, 9.17) is 4.74 Å². The first-order valence-corrected chi connectivity index (χ1v) is 11.1. The molecule has 2 aromatic carbocycles. The molecule has 1 N–H and O–H groups in total. The molecular weight excluding hydrogens is 365 g/mol. The first-order valence-electron chi connectivity index (χ1n) is 11.1. The smallest absolute Gasteiger partial charge is 0.125 e. The van der Waals surface area contributed by atoms with Crippen LogP contribution in [0, 0.1) is 11.7 Å². The van der Waals surface area contributed by atoms with Crippen molar-refractivity contribution in [3.05, 3.63) is 65.5 Å². The number of halogens is 1. The Morgan fingerprint density at radius 1 is 1.00 bits per heavy atom. The highest BCUT2D eigenvalue weighted by Gasteiger charge is 2.47. The molecule has 3 fully saturated rings. The molecule has 0 amide bonds. The summed E-state index contributed by atoms with van der Waals surface area (Å²) >= 11 is 0. The molecule has 3 nitrogen and oxygen atoms in total. The van der Waals surface area contributed by atoms with Gasteiger partial charge in [0.05, 0.1) is 12.2 Å². The van der Waals surface area contributed by atoms with E-state index >= 15 is 0 Å². The normalized spacial score (nSPS) is 29.6. The van der Waals surface area contributed by atoms with Crippen LogP contribution in [0.4, 0.5) is 4.39 Å². The Kier molecular flexibility index (Phi) is 5.09. The molecule has 2 bridgehead atoms. The molecule has 2 atom stereocenters. The third kappa shape index (κ3) is 4.06. The average molecular weight is 396 g/mol. The highest BCUT2D eigenvalue weighted by atomic mass is 19.1. The van der Waals surface area contributed by atoms with E-state index in [1.807, 2.05) is 6.07 Å². The second kappa shape index (κ2) is 7.73. The zero-order valence-electron chi connectivity index (χ0n) is 16.9. The largest absolute Gasteiger partial charge is 0.493 e. The van der Waals surface area contributed by atoms with Crippen LogP contribution < -0.4 is 4.74 Å². The van der Waals surface area contributed by atoms with Gasteiger partial charge in [0.15, 0.2) is 0 Å². The maximum Gasteiger partial charge on any atom is 0.125 e. The zero-order chi connectivity index (χ0) is 19.8. The van der Waals surface area contributed by atoms with Gasteiger partial charge < -0.3 is 9.84 Å². The lowest BCUT2D eigenvalue weighted by Gasteiger charge is -2.52. The van der Waals surface area contributed by atoms with E-state index < -0.39 is 5.60 Å². The van der Waals surface area contributed by atoms with Crippen LogP contribution in [0.5, 0.6) is 5.75 Å². The summed E-state index contributed by atoms with van der Waals surface area (Å²) in [6, 6.07) is 15.8. The van der Waals surface area contributed by atoms with Gasteiger partial charge in [0.1, 0.15) is 11.6 Å². The van der Waals surface area contributed by atoms with Crippen molar-refractivity contribution in [2.75, 3.05) is 6.61 Å². The maximum atomic E-state index is 14.2. The van der Waals surface area contributed by atoms with E-state index in [-0.39, 0.29) is 5.82 Å². The minimum absolute atomic E-state index is 0.302. The van der Waals surface area contributed by atoms with Gasteiger partial charge in [-0.1, -0.05) is 36.8 Å². The van der Waals surface area contributed by atoms with Gasteiger partial charge in [0, 0.05) is 24.2 Å². The van der Waals surface area contributed by atoms with Crippen molar-refractivity contribution in [1.82, 2.24) is 4.90 Å². The number of hydrogen-bond acceptors (Lipinski definition) is 3. The standard InChI is InChI=1S/C25H30FNO2/c26-20-11-12-24(29-17-19-9-10-19)23(13-20)25(28)14-21-7-4-8-22(15-25)27(21)16-18-5-2-1-3-6-18/h1-3,5-6,11-13,19,21-22,28H,4,7-10,14-17H2. The van der Waals surface area contributed by atoms with Gasteiger partial charge in [0.2, 0.25) is 0 Å². The van der Waals surface area contributed by atoms with Gasteiger partial charge >= 0.3 is 0 Å². The third-order valence-electron chi connectivity index (χ3n) is 6.98. The van der Waals surface area contributed by atoms with Gasteiger partial charge in [-0.15, -0.1) is 0 Å². The third-order valence-corrected chi connectivity index (χ3v) is 6.98. The first kappa shape index (κ1) is 19.1. The molecule has 1 saturated carbocycles. The molecule has 0 spiro atoms. The number of fused-ring (bicyclic) bond motifs is 2. The molecule has 0 aromatic heterocycles. The molecule has 2 aliphatic heterocycles. The summed E-state index contributed by atoms with van der Waals surface area (Å²) in [5.74, 6) is 0.981. The Balaban J connectivity index is 1.40. The molecule has 5 rings (SSSR count). The molecule has 4 heteroatoms. The Labute approximate surface area is 172 Å². The van der Waals surface area contributed by atoms with Crippen molar-refractivity contribution in [3.8, 4) is 5.75 Å². The van der Waals surface area contributed by atoms with Crippen molar-refractivity contribution in [3.63, 3.8) is 0 Å². The topological polar surface area (TPSA) is 32.7 Å². The zero-order valence-corrected chi connectivity index (χ0v) is 16.9. The Morgan fingerprint density at radius 3 is 2.41 bits per heavy atom. The summed E-state index contributed by atoms with van der Waals surface area (Å²) in [6.07, 6.45) is 7.06. The Bertz CT molecular complexity index is 837. The number of nitrogens with zero attached hydrogens (tertiary/aromatic N) is 1. The quantitative estimate of drug-likeness (QED) is 0.746. The number of ether oxygens (including phenoxy) is 1. The van der Waals surface area contributed by atoms with Crippen LogP contribution in [-0.4, -0.2) is 28.7 Å². The van der Waals surface area contributed by atoms with Gasteiger partial charge in [-0.05, 0) is 68.2 Å². The second-order valence-corrected chi connectivity index (χ2v) is 9.23. The minimum atomic E-state index is -1.02. The molecule has 3 aliphatic rings. The molecule has 2 unspecified atom stereocenters. The van der Waals surface area contributed by atoms with E-state index in [9.17, 15) is 9.50 Å². The fraction of sp³-hybridized carbons (Fsp3) is 0.520. The lowest BCUT2D eigenvalue weighted by atomic mass is 9.72. The van der Waals surface area contributed by atoms with Crippen LogP contribution in [0.25, 0.3) is 0 Å². The van der Waals surface area contributed by atoms with E-state index in [2.05, 4.69) is 29.2 Å². The van der Waals surface area contributed by atoms with Crippen LogP contribution in [-0.2, 0) is 12.1 Å². The number of benzene rings is 2. The van der Waals surface area contributed by atoms with Crippen molar-refractivity contribution >= 4 is 0 Å². The molecule has 2 heterocycles. The van der Waals surface area contributed by atoms with E-state index in [0.29, 0.717) is 48.8 Å². The van der Waals surface area contributed by atoms with Gasteiger partial charge in [-0.25, -0.2) is 4.39 Å². The summed E-state index contributed by atoms with van der Waals surface area (Å²) < 4.78 is 20.2. The molecule has 2 aromatic rings. The summed E-state index contributed by atoms with van der Waals surface area (Å²) in [5, 5.41) is 11.7. The van der Waals surface area contributed by atoms with Crippen LogP contribution >= 0.6 is 0 Å². The van der Waals surface area contributed by atoms with Crippen molar-refractivity contribution in [1.29, 1.82) is 0 Å². The molecule has 0 radical (unpaired) electrons. The average Bonchev–Trinajstić information content (AvgIpc) is 3.53. The molecule has 1 aliphatic carbocycles. The highest BCUT2D eigenvalue weighted by molar-refractivity contribution is 5.39. The van der Waals surface area contributed by atoms with Crippen molar-refractivity contribution < 1.29 is 14.2 Å². The highest BCUT2D eigenvalue weighted by Crippen LogP contribution is 2.47. The Hall–Kier alpha value is -1.91. The van der Waals surface area contributed by atoms with Crippen molar-refractivity contribution in [2.24, 2.45) is 5.92 Å².